The number of hydrogen-bond acceptors (Lipinski definition) is 6. The standard InChI is InChI=1S/C53H88O6/c1-4-7-10-13-16-19-22-25-26-29-31-34-37-40-43-46-52(55)58-49-50(59-53(56)47-44-41-38-35-32-28-24-21-18-15-12-9-6-3)48-57-51(54)45-42-39-36-33-30-27-23-20-17-14-11-8-5-2/h9,12,15,18-19,21-22,24,27-28,30,32,36,39,50H,4-8,10-11,13-14,16-17,20,23,25-26,29,31,33-35,37-38,40-49H2,1-3H3/b12-9+,18-15+,22-19+,24-21+,30-27+,32-28+,39-36+. The highest BCUT2D eigenvalue weighted by Gasteiger charge is 2.19. The van der Waals surface area contributed by atoms with E-state index >= 15 is 0 Å². The molecule has 0 aromatic rings. The van der Waals surface area contributed by atoms with Gasteiger partial charge in [-0.2, -0.15) is 0 Å². The Hall–Kier alpha value is -3.41. The molecule has 0 saturated heterocycles. The van der Waals surface area contributed by atoms with E-state index in [4.69, 9.17) is 14.2 Å². The second-order valence-corrected chi connectivity index (χ2v) is 15.7. The van der Waals surface area contributed by atoms with Gasteiger partial charge in [0.05, 0.1) is 0 Å². The molecule has 0 amide bonds. The smallest absolute Gasteiger partial charge is 0.306 e. The molecule has 6 nitrogen and oxygen atoms in total. The molecule has 0 radical (unpaired) electrons. The lowest BCUT2D eigenvalue weighted by molar-refractivity contribution is -0.166. The summed E-state index contributed by atoms with van der Waals surface area (Å²) in [6.45, 7) is 6.37. The Morgan fingerprint density at radius 1 is 0.373 bits per heavy atom. The van der Waals surface area contributed by atoms with Crippen LogP contribution in [0, 0.1) is 0 Å². The molecule has 59 heavy (non-hydrogen) atoms. The van der Waals surface area contributed by atoms with Gasteiger partial charge in [0.1, 0.15) is 13.2 Å². The van der Waals surface area contributed by atoms with E-state index in [0.717, 1.165) is 57.8 Å². The van der Waals surface area contributed by atoms with Gasteiger partial charge >= 0.3 is 17.9 Å². The van der Waals surface area contributed by atoms with Crippen LogP contribution in [0.2, 0.25) is 0 Å². The van der Waals surface area contributed by atoms with Crippen molar-refractivity contribution in [3.63, 3.8) is 0 Å². The van der Waals surface area contributed by atoms with Gasteiger partial charge in [-0.15, -0.1) is 0 Å². The Labute approximate surface area is 363 Å². The van der Waals surface area contributed by atoms with Gasteiger partial charge < -0.3 is 14.2 Å². The highest BCUT2D eigenvalue weighted by Crippen LogP contribution is 2.13. The second kappa shape index (κ2) is 47.3. The maximum atomic E-state index is 12.7. The first kappa shape index (κ1) is 55.6. The first-order valence-corrected chi connectivity index (χ1v) is 24.1. The predicted octanol–water partition coefficient (Wildman–Crippen LogP) is 15.6. The van der Waals surface area contributed by atoms with Crippen LogP contribution in [-0.2, 0) is 28.6 Å². The minimum absolute atomic E-state index is 0.113. The number of esters is 3. The normalized spacial score (nSPS) is 12.8. The summed E-state index contributed by atoms with van der Waals surface area (Å²) in [5, 5.41) is 0. The number of allylic oxidation sites excluding steroid dienone is 14. The van der Waals surface area contributed by atoms with E-state index in [9.17, 15) is 14.4 Å². The van der Waals surface area contributed by atoms with E-state index in [1.54, 1.807) is 0 Å². The van der Waals surface area contributed by atoms with Crippen LogP contribution >= 0.6 is 0 Å². The number of carbonyl (C=O) groups is 3. The fourth-order valence-corrected chi connectivity index (χ4v) is 6.32. The Kier molecular flexibility index (Phi) is 44.5. The van der Waals surface area contributed by atoms with Gasteiger partial charge in [-0.1, -0.05) is 196 Å². The summed E-state index contributed by atoms with van der Waals surface area (Å²) in [6, 6.07) is 0. The largest absolute Gasteiger partial charge is 0.462 e. The zero-order valence-corrected chi connectivity index (χ0v) is 38.2. The molecule has 0 heterocycles. The number of rotatable bonds is 42. The molecular formula is C53H88O6. The van der Waals surface area contributed by atoms with Crippen LogP contribution in [-0.4, -0.2) is 37.2 Å². The zero-order chi connectivity index (χ0) is 43.0. The van der Waals surface area contributed by atoms with Crippen molar-refractivity contribution >= 4 is 17.9 Å². The molecule has 336 valence electrons. The highest BCUT2D eigenvalue weighted by molar-refractivity contribution is 5.71. The number of hydrogen-bond donors (Lipinski definition) is 0. The van der Waals surface area contributed by atoms with Crippen LogP contribution < -0.4 is 0 Å². The molecule has 6 heteroatoms. The van der Waals surface area contributed by atoms with E-state index in [1.165, 1.54) is 103 Å². The number of ether oxygens (including phenoxy) is 3. The molecule has 0 N–H and O–H groups in total. The van der Waals surface area contributed by atoms with Gasteiger partial charge in [-0.25, -0.2) is 0 Å². The zero-order valence-electron chi connectivity index (χ0n) is 38.2. The first-order chi connectivity index (χ1) is 29.0. The summed E-state index contributed by atoms with van der Waals surface area (Å²) in [4.78, 5) is 37.8. The van der Waals surface area contributed by atoms with Gasteiger partial charge in [-0.3, -0.25) is 14.4 Å². The average Bonchev–Trinajstić information content (AvgIpc) is 3.23. The topological polar surface area (TPSA) is 78.9 Å². The summed E-state index contributed by atoms with van der Waals surface area (Å²) in [7, 11) is 0. The quantitative estimate of drug-likeness (QED) is 0.0201. The van der Waals surface area contributed by atoms with E-state index in [-0.39, 0.29) is 44.0 Å². The van der Waals surface area contributed by atoms with Crippen molar-refractivity contribution in [1.82, 2.24) is 0 Å². The lowest BCUT2D eigenvalue weighted by atomic mass is 10.1. The fourth-order valence-electron chi connectivity index (χ4n) is 6.32. The van der Waals surface area contributed by atoms with Gasteiger partial charge in [0.15, 0.2) is 6.10 Å². The van der Waals surface area contributed by atoms with Crippen molar-refractivity contribution in [2.75, 3.05) is 13.2 Å². The van der Waals surface area contributed by atoms with Crippen molar-refractivity contribution in [1.29, 1.82) is 0 Å². The van der Waals surface area contributed by atoms with E-state index in [2.05, 4.69) is 63.3 Å². The molecule has 1 atom stereocenters. The third-order valence-corrected chi connectivity index (χ3v) is 9.96. The van der Waals surface area contributed by atoms with Crippen molar-refractivity contribution in [2.24, 2.45) is 0 Å². The molecule has 0 aliphatic carbocycles. The summed E-state index contributed by atoms with van der Waals surface area (Å²) in [5.41, 5.74) is 0. The lowest BCUT2D eigenvalue weighted by Crippen LogP contribution is -2.30. The van der Waals surface area contributed by atoms with Crippen molar-refractivity contribution in [2.45, 2.75) is 219 Å². The summed E-state index contributed by atoms with van der Waals surface area (Å²) in [6.07, 6.45) is 60.1. The minimum Gasteiger partial charge on any atom is -0.462 e. The minimum atomic E-state index is -0.820. The van der Waals surface area contributed by atoms with Crippen LogP contribution in [0.25, 0.3) is 0 Å². The Morgan fingerprint density at radius 3 is 1.32 bits per heavy atom. The van der Waals surface area contributed by atoms with Crippen LogP contribution in [0.3, 0.4) is 0 Å². The van der Waals surface area contributed by atoms with E-state index < -0.39 is 6.10 Å². The SMILES string of the molecule is CC/C=C/C=C/C=C/C=C/CCCCCC(=O)OC(COC(=O)CC/C=C/C/C=C/CCCCCCCC)COC(=O)CCCCCCCCC/C=C/CCCCCC. The van der Waals surface area contributed by atoms with Gasteiger partial charge in [0, 0.05) is 19.3 Å². The van der Waals surface area contributed by atoms with Gasteiger partial charge in [0.25, 0.3) is 0 Å². The van der Waals surface area contributed by atoms with Crippen LogP contribution in [0.1, 0.15) is 213 Å². The molecular weight excluding hydrogens is 733 g/mol. The molecule has 0 spiro atoms. The Balaban J connectivity index is 4.52. The van der Waals surface area contributed by atoms with Crippen LogP contribution in [0.4, 0.5) is 0 Å². The van der Waals surface area contributed by atoms with Crippen LogP contribution in [0.15, 0.2) is 85.1 Å². The van der Waals surface area contributed by atoms with Crippen LogP contribution in [0.5, 0.6) is 0 Å². The molecule has 1 unspecified atom stereocenters. The van der Waals surface area contributed by atoms with Gasteiger partial charge in [0.2, 0.25) is 0 Å². The van der Waals surface area contributed by atoms with E-state index in [0.29, 0.717) is 19.3 Å². The molecule has 0 aromatic heterocycles. The maximum absolute atomic E-state index is 12.7. The second-order valence-electron chi connectivity index (χ2n) is 15.7. The molecule has 0 saturated carbocycles. The van der Waals surface area contributed by atoms with E-state index in [1.807, 2.05) is 42.5 Å². The number of unbranched alkanes of at least 4 members (excludes halogenated alkanes) is 20. The third-order valence-electron chi connectivity index (χ3n) is 9.96. The summed E-state index contributed by atoms with van der Waals surface area (Å²) < 4.78 is 16.6. The lowest BCUT2D eigenvalue weighted by Gasteiger charge is -2.18. The molecule has 0 bridgehead atoms. The molecule has 0 fully saturated rings. The summed E-state index contributed by atoms with van der Waals surface area (Å²) in [5.74, 6) is -1.03. The third kappa shape index (κ3) is 45.5. The molecule has 0 aliphatic rings. The predicted molar refractivity (Wildman–Crippen MR) is 251 cm³/mol. The van der Waals surface area contributed by atoms with Crippen molar-refractivity contribution in [3.8, 4) is 0 Å². The monoisotopic (exact) mass is 821 g/mol. The summed E-state index contributed by atoms with van der Waals surface area (Å²) >= 11 is 0. The average molecular weight is 821 g/mol. The molecule has 0 rings (SSSR count). The van der Waals surface area contributed by atoms with Gasteiger partial charge in [-0.05, 0) is 83.5 Å². The fraction of sp³-hybridized carbons (Fsp3) is 0.679. The van der Waals surface area contributed by atoms with Crippen molar-refractivity contribution in [3.05, 3.63) is 85.1 Å². The van der Waals surface area contributed by atoms with Crippen molar-refractivity contribution < 1.29 is 28.6 Å². The number of carbonyl (C=O) groups excluding carboxylic acids is 3. The highest BCUT2D eigenvalue weighted by atomic mass is 16.6. The Morgan fingerprint density at radius 2 is 0.763 bits per heavy atom. The maximum Gasteiger partial charge on any atom is 0.306 e. The molecule has 0 aliphatic heterocycles. The first-order valence-electron chi connectivity index (χ1n) is 24.1. The Bertz CT molecular complexity index is 1170. The molecule has 0 aromatic carbocycles.